The molecule has 0 N–H and O–H groups in total. The average molecular weight is 316 g/mol. The van der Waals surface area contributed by atoms with Gasteiger partial charge in [0.05, 0.1) is 6.20 Å². The van der Waals surface area contributed by atoms with Crippen LogP contribution in [-0.4, -0.2) is 21.5 Å². The summed E-state index contributed by atoms with van der Waals surface area (Å²) in [7, 11) is 1.62. The lowest BCUT2D eigenvalue weighted by molar-refractivity contribution is 0.113. The summed E-state index contributed by atoms with van der Waals surface area (Å²) in [6.45, 7) is 1.88. The summed E-state index contributed by atoms with van der Waals surface area (Å²) >= 11 is 4.51. The molecular formula is C10H10BrN3O2S. The third kappa shape index (κ3) is 3.21. The fourth-order valence-corrected chi connectivity index (χ4v) is 2.05. The van der Waals surface area contributed by atoms with Crippen LogP contribution < -0.4 is 4.74 Å². The molecule has 17 heavy (non-hydrogen) atoms. The number of rotatable bonds is 4. The summed E-state index contributed by atoms with van der Waals surface area (Å²) < 4.78 is 15.7. The van der Waals surface area contributed by atoms with E-state index in [1.165, 1.54) is 11.5 Å². The van der Waals surface area contributed by atoms with Crippen LogP contribution in [0.2, 0.25) is 0 Å². The number of aromatic nitrogens is 3. The highest BCUT2D eigenvalue weighted by Crippen LogP contribution is 2.26. The van der Waals surface area contributed by atoms with Gasteiger partial charge in [0.1, 0.15) is 11.9 Å². The lowest BCUT2D eigenvalue weighted by atomic mass is 10.4. The summed E-state index contributed by atoms with van der Waals surface area (Å²) in [4.78, 5) is 8.22. The average Bonchev–Trinajstić information content (AvgIpc) is 2.76. The van der Waals surface area contributed by atoms with E-state index >= 15 is 0 Å². The van der Waals surface area contributed by atoms with Crippen LogP contribution in [0.3, 0.4) is 0 Å². The van der Waals surface area contributed by atoms with Crippen LogP contribution >= 0.6 is 27.5 Å². The first-order chi connectivity index (χ1) is 8.19. The molecule has 0 aliphatic rings. The Morgan fingerprint density at radius 1 is 1.41 bits per heavy atom. The van der Waals surface area contributed by atoms with Crippen molar-refractivity contribution in [3.8, 4) is 10.9 Å². The summed E-state index contributed by atoms with van der Waals surface area (Å²) in [5.74, 6) is 1.24. The van der Waals surface area contributed by atoms with Crippen molar-refractivity contribution in [3.63, 3.8) is 0 Å². The number of hydrogen-bond acceptors (Lipinski definition) is 6. The molecular weight excluding hydrogens is 306 g/mol. The number of hydrogen-bond donors (Lipinski definition) is 0. The lowest BCUT2D eigenvalue weighted by Crippen LogP contribution is -1.97. The van der Waals surface area contributed by atoms with Crippen molar-refractivity contribution in [1.29, 1.82) is 0 Å². The monoisotopic (exact) mass is 315 g/mol. The second kappa shape index (κ2) is 5.52. The number of ether oxygens (including phenoxy) is 2. The van der Waals surface area contributed by atoms with Gasteiger partial charge >= 0.3 is 0 Å². The van der Waals surface area contributed by atoms with Gasteiger partial charge in [-0.1, -0.05) is 0 Å². The molecule has 0 radical (unpaired) electrons. The largest absolute Gasteiger partial charge is 0.428 e. The number of methoxy groups -OCH3 is 1. The van der Waals surface area contributed by atoms with Crippen LogP contribution in [0.4, 0.5) is 0 Å². The Labute approximate surface area is 111 Å². The van der Waals surface area contributed by atoms with Crippen LogP contribution in [0.25, 0.3) is 0 Å². The predicted octanol–water partition coefficient (Wildman–Crippen LogP) is 3.20. The second-order valence-corrected chi connectivity index (χ2v) is 4.87. The minimum atomic E-state index is -0.135. The number of halogens is 1. The second-order valence-electron chi connectivity index (χ2n) is 3.24. The zero-order chi connectivity index (χ0) is 12.3. The van der Waals surface area contributed by atoms with Crippen molar-refractivity contribution >= 4 is 27.5 Å². The maximum Gasteiger partial charge on any atom is 0.298 e. The van der Waals surface area contributed by atoms with E-state index in [0.717, 1.165) is 4.47 Å². The van der Waals surface area contributed by atoms with E-state index in [0.29, 0.717) is 16.8 Å². The van der Waals surface area contributed by atoms with Crippen molar-refractivity contribution in [2.75, 3.05) is 7.11 Å². The number of pyridine rings is 1. The normalized spacial score (nSPS) is 12.4. The van der Waals surface area contributed by atoms with E-state index in [4.69, 9.17) is 9.47 Å². The molecule has 0 unspecified atom stereocenters. The van der Waals surface area contributed by atoms with Crippen LogP contribution in [0.1, 0.15) is 18.9 Å². The molecule has 2 aromatic rings. The van der Waals surface area contributed by atoms with Gasteiger partial charge in [-0.05, 0) is 28.9 Å². The molecule has 0 spiro atoms. The summed E-state index contributed by atoms with van der Waals surface area (Å²) in [6, 6.07) is 1.81. The van der Waals surface area contributed by atoms with E-state index in [2.05, 4.69) is 30.3 Å². The first-order valence-corrected chi connectivity index (χ1v) is 6.40. The topological polar surface area (TPSA) is 57.1 Å². The first-order valence-electron chi connectivity index (χ1n) is 4.84. The molecule has 2 rings (SSSR count). The van der Waals surface area contributed by atoms with Crippen molar-refractivity contribution in [2.45, 2.75) is 13.0 Å². The molecule has 2 aromatic heterocycles. The standard InChI is InChI=1S/C10H10BrN3O2S/c1-6(15-2)9-13-10(17-14-9)16-8-3-7(11)4-12-5-8/h3-6H,1-2H3/t6-/m1/s1. The first kappa shape index (κ1) is 12.4. The molecule has 0 amide bonds. The Morgan fingerprint density at radius 2 is 2.24 bits per heavy atom. The van der Waals surface area contributed by atoms with Crippen molar-refractivity contribution in [3.05, 3.63) is 28.8 Å². The van der Waals surface area contributed by atoms with Gasteiger partial charge in [-0.25, -0.2) is 0 Å². The Balaban J connectivity index is 2.11. The molecule has 0 bridgehead atoms. The maximum absolute atomic E-state index is 5.53. The Bertz CT molecular complexity index is 506. The molecule has 90 valence electrons. The molecule has 7 heteroatoms. The number of nitrogens with zero attached hydrogens (tertiary/aromatic N) is 3. The van der Waals surface area contributed by atoms with Crippen LogP contribution in [0.15, 0.2) is 22.9 Å². The summed E-state index contributed by atoms with van der Waals surface area (Å²) in [5, 5.41) is 0.476. The van der Waals surface area contributed by atoms with E-state index in [1.54, 1.807) is 19.5 Å². The van der Waals surface area contributed by atoms with Gasteiger partial charge in [0.25, 0.3) is 5.19 Å². The van der Waals surface area contributed by atoms with Crippen LogP contribution in [0.5, 0.6) is 10.9 Å². The van der Waals surface area contributed by atoms with Crippen molar-refractivity contribution in [1.82, 2.24) is 14.3 Å². The van der Waals surface area contributed by atoms with Gasteiger partial charge in [-0.15, -0.1) is 0 Å². The van der Waals surface area contributed by atoms with Crippen LogP contribution in [-0.2, 0) is 4.74 Å². The molecule has 5 nitrogen and oxygen atoms in total. The maximum atomic E-state index is 5.53. The molecule has 0 aliphatic heterocycles. The Hall–Kier alpha value is -1.05. The van der Waals surface area contributed by atoms with E-state index in [1.807, 2.05) is 13.0 Å². The quantitative estimate of drug-likeness (QED) is 0.867. The summed E-state index contributed by atoms with van der Waals surface area (Å²) in [5.41, 5.74) is 0. The molecule has 0 saturated heterocycles. The zero-order valence-electron chi connectivity index (χ0n) is 9.25. The van der Waals surface area contributed by atoms with Gasteiger partial charge in [-0.3, -0.25) is 4.98 Å². The van der Waals surface area contributed by atoms with Crippen molar-refractivity contribution in [2.24, 2.45) is 0 Å². The van der Waals surface area contributed by atoms with E-state index in [9.17, 15) is 0 Å². The highest BCUT2D eigenvalue weighted by molar-refractivity contribution is 9.10. The molecule has 2 heterocycles. The Kier molecular flexibility index (Phi) is 4.03. The minimum absolute atomic E-state index is 0.135. The highest BCUT2D eigenvalue weighted by Gasteiger charge is 2.12. The zero-order valence-corrected chi connectivity index (χ0v) is 11.7. The molecule has 0 aliphatic carbocycles. The van der Waals surface area contributed by atoms with E-state index in [-0.39, 0.29) is 6.10 Å². The lowest BCUT2D eigenvalue weighted by Gasteiger charge is -2.02. The fraction of sp³-hybridized carbons (Fsp3) is 0.300. The molecule has 0 saturated carbocycles. The molecule has 0 fully saturated rings. The Morgan fingerprint density at radius 3 is 2.94 bits per heavy atom. The highest BCUT2D eigenvalue weighted by atomic mass is 79.9. The molecule has 0 aromatic carbocycles. The summed E-state index contributed by atoms with van der Waals surface area (Å²) in [6.07, 6.45) is 3.17. The van der Waals surface area contributed by atoms with Gasteiger partial charge in [-0.2, -0.15) is 9.36 Å². The van der Waals surface area contributed by atoms with Gasteiger partial charge in [0, 0.05) is 29.3 Å². The van der Waals surface area contributed by atoms with Gasteiger partial charge in [0.15, 0.2) is 5.82 Å². The van der Waals surface area contributed by atoms with Gasteiger partial charge < -0.3 is 9.47 Å². The third-order valence-corrected chi connectivity index (χ3v) is 3.07. The smallest absolute Gasteiger partial charge is 0.298 e. The third-order valence-electron chi connectivity index (χ3n) is 2.03. The fourth-order valence-electron chi connectivity index (χ4n) is 1.08. The van der Waals surface area contributed by atoms with Crippen LogP contribution in [0, 0.1) is 0 Å². The minimum Gasteiger partial charge on any atom is -0.428 e. The van der Waals surface area contributed by atoms with E-state index < -0.39 is 0 Å². The van der Waals surface area contributed by atoms with Gasteiger partial charge in [0.2, 0.25) is 0 Å². The predicted molar refractivity (Wildman–Crippen MR) is 67.3 cm³/mol. The van der Waals surface area contributed by atoms with Crippen molar-refractivity contribution < 1.29 is 9.47 Å². The SMILES string of the molecule is CO[C@H](C)c1nsc(Oc2cncc(Br)c2)n1. The molecule has 1 atom stereocenters.